The molecule has 0 spiro atoms. The van der Waals surface area contributed by atoms with Crippen LogP contribution in [0.25, 0.3) is 0 Å². The van der Waals surface area contributed by atoms with Crippen LogP contribution in [0.4, 0.5) is 5.69 Å². The number of likely N-dealkylation sites (tertiary alicyclic amines) is 1. The van der Waals surface area contributed by atoms with E-state index in [9.17, 15) is 14.7 Å². The molecule has 5 nitrogen and oxygen atoms in total. The Morgan fingerprint density at radius 1 is 1.33 bits per heavy atom. The molecule has 2 unspecified atom stereocenters. The van der Waals surface area contributed by atoms with Crippen LogP contribution in [0.15, 0.2) is 30.3 Å². The minimum atomic E-state index is -0.902. The molecule has 0 radical (unpaired) electrons. The van der Waals surface area contributed by atoms with Gasteiger partial charge in [-0.15, -0.1) is 0 Å². The second-order valence-electron chi connectivity index (χ2n) is 5.46. The number of anilines is 1. The standard InChI is InChI=1S/C16H22N2O3/c1-2-12-8-9-18(14(10-12)16(20)21)15(19)11-17-13-6-4-3-5-7-13/h3-7,12,14,17H,2,8-11H2,1H3,(H,20,21). The Bertz CT molecular complexity index is 490. The van der Waals surface area contributed by atoms with Crippen molar-refractivity contribution in [2.75, 3.05) is 18.4 Å². The highest BCUT2D eigenvalue weighted by molar-refractivity contribution is 5.86. The molecular weight excluding hydrogens is 268 g/mol. The predicted octanol–water partition coefficient (Wildman–Crippen LogP) is 2.20. The fraction of sp³-hybridized carbons (Fsp3) is 0.500. The lowest BCUT2D eigenvalue weighted by Crippen LogP contribution is -2.51. The Morgan fingerprint density at radius 3 is 2.67 bits per heavy atom. The topological polar surface area (TPSA) is 69.6 Å². The molecule has 5 heteroatoms. The van der Waals surface area contributed by atoms with Gasteiger partial charge in [0.2, 0.25) is 5.91 Å². The predicted molar refractivity (Wildman–Crippen MR) is 81.1 cm³/mol. The quantitative estimate of drug-likeness (QED) is 0.872. The average molecular weight is 290 g/mol. The number of benzene rings is 1. The molecule has 0 aliphatic carbocycles. The number of nitrogens with one attached hydrogen (secondary N) is 1. The first kappa shape index (κ1) is 15.4. The molecule has 1 heterocycles. The van der Waals surface area contributed by atoms with E-state index in [1.165, 1.54) is 4.90 Å². The lowest BCUT2D eigenvalue weighted by Gasteiger charge is -2.37. The smallest absolute Gasteiger partial charge is 0.326 e. The SMILES string of the molecule is CCC1CCN(C(=O)CNc2ccccc2)C(C(=O)O)C1. The zero-order valence-corrected chi connectivity index (χ0v) is 12.3. The first-order chi connectivity index (χ1) is 10.1. The van der Waals surface area contributed by atoms with Gasteiger partial charge in [0.05, 0.1) is 6.54 Å². The molecule has 2 N–H and O–H groups in total. The Morgan fingerprint density at radius 2 is 2.05 bits per heavy atom. The molecule has 0 bridgehead atoms. The molecule has 0 saturated carbocycles. The van der Waals surface area contributed by atoms with Crippen LogP contribution in [0.3, 0.4) is 0 Å². The molecule has 114 valence electrons. The maximum absolute atomic E-state index is 12.3. The average Bonchev–Trinajstić information content (AvgIpc) is 2.52. The van der Waals surface area contributed by atoms with Crippen LogP contribution in [0, 0.1) is 5.92 Å². The van der Waals surface area contributed by atoms with Gasteiger partial charge in [-0.2, -0.15) is 0 Å². The number of carboxylic acid groups (broad SMARTS) is 1. The van der Waals surface area contributed by atoms with Crippen LogP contribution in [-0.4, -0.2) is 41.0 Å². The number of hydrogen-bond acceptors (Lipinski definition) is 3. The van der Waals surface area contributed by atoms with E-state index in [1.807, 2.05) is 30.3 Å². The van der Waals surface area contributed by atoms with Crippen molar-refractivity contribution in [3.8, 4) is 0 Å². The minimum Gasteiger partial charge on any atom is -0.480 e. The van der Waals surface area contributed by atoms with Crippen molar-refractivity contribution in [1.29, 1.82) is 0 Å². The highest BCUT2D eigenvalue weighted by Gasteiger charge is 2.35. The van der Waals surface area contributed by atoms with Gasteiger partial charge in [0.1, 0.15) is 6.04 Å². The zero-order valence-electron chi connectivity index (χ0n) is 12.3. The van der Waals surface area contributed by atoms with Gasteiger partial charge in [-0.3, -0.25) is 4.79 Å². The number of amides is 1. The van der Waals surface area contributed by atoms with Crippen molar-refractivity contribution in [1.82, 2.24) is 4.90 Å². The van der Waals surface area contributed by atoms with Crippen LogP contribution >= 0.6 is 0 Å². The van der Waals surface area contributed by atoms with Crippen LogP contribution in [-0.2, 0) is 9.59 Å². The van der Waals surface area contributed by atoms with Crippen LogP contribution in [0.5, 0.6) is 0 Å². The van der Waals surface area contributed by atoms with Gasteiger partial charge in [-0.25, -0.2) is 4.79 Å². The second-order valence-corrected chi connectivity index (χ2v) is 5.46. The van der Waals surface area contributed by atoms with Gasteiger partial charge in [-0.1, -0.05) is 31.5 Å². The molecule has 1 fully saturated rings. The number of hydrogen-bond donors (Lipinski definition) is 2. The molecule has 1 aliphatic rings. The molecule has 1 amide bonds. The lowest BCUT2D eigenvalue weighted by molar-refractivity contribution is -0.152. The van der Waals surface area contributed by atoms with Crippen molar-refractivity contribution < 1.29 is 14.7 Å². The van der Waals surface area contributed by atoms with E-state index in [4.69, 9.17) is 0 Å². The van der Waals surface area contributed by atoms with Gasteiger partial charge in [0, 0.05) is 12.2 Å². The van der Waals surface area contributed by atoms with E-state index >= 15 is 0 Å². The molecule has 1 aliphatic heterocycles. The largest absolute Gasteiger partial charge is 0.480 e. The van der Waals surface area contributed by atoms with Gasteiger partial charge in [-0.05, 0) is 30.9 Å². The van der Waals surface area contributed by atoms with Crippen molar-refractivity contribution in [3.63, 3.8) is 0 Å². The summed E-state index contributed by atoms with van der Waals surface area (Å²) in [6.07, 6.45) is 2.41. The van der Waals surface area contributed by atoms with Crippen molar-refractivity contribution in [3.05, 3.63) is 30.3 Å². The maximum atomic E-state index is 12.3. The molecule has 1 aromatic carbocycles. The highest BCUT2D eigenvalue weighted by Crippen LogP contribution is 2.25. The summed E-state index contributed by atoms with van der Waals surface area (Å²) in [4.78, 5) is 25.2. The molecule has 21 heavy (non-hydrogen) atoms. The highest BCUT2D eigenvalue weighted by atomic mass is 16.4. The van der Waals surface area contributed by atoms with Crippen molar-refractivity contribution in [2.45, 2.75) is 32.2 Å². The lowest BCUT2D eigenvalue weighted by atomic mass is 9.89. The van der Waals surface area contributed by atoms with E-state index in [0.29, 0.717) is 18.9 Å². The number of aliphatic carboxylic acids is 1. The molecule has 2 atom stereocenters. The van der Waals surface area contributed by atoms with Gasteiger partial charge in [0.15, 0.2) is 0 Å². The van der Waals surface area contributed by atoms with Crippen LogP contribution < -0.4 is 5.32 Å². The van der Waals surface area contributed by atoms with E-state index < -0.39 is 12.0 Å². The number of nitrogens with zero attached hydrogens (tertiary/aromatic N) is 1. The number of carbonyl (C=O) groups is 2. The number of para-hydroxylation sites is 1. The van der Waals surface area contributed by atoms with E-state index in [2.05, 4.69) is 12.2 Å². The summed E-state index contributed by atoms with van der Waals surface area (Å²) < 4.78 is 0. The Hall–Kier alpha value is -2.04. The fourth-order valence-electron chi connectivity index (χ4n) is 2.78. The molecule has 1 saturated heterocycles. The molecule has 0 aromatic heterocycles. The third kappa shape index (κ3) is 3.97. The van der Waals surface area contributed by atoms with Crippen molar-refractivity contribution in [2.24, 2.45) is 5.92 Å². The minimum absolute atomic E-state index is 0.130. The Kier molecular flexibility index (Phi) is 5.20. The van der Waals surface area contributed by atoms with Crippen molar-refractivity contribution >= 4 is 17.6 Å². The first-order valence-electron chi connectivity index (χ1n) is 7.43. The summed E-state index contributed by atoms with van der Waals surface area (Å²) in [5.41, 5.74) is 0.862. The third-order valence-electron chi connectivity index (χ3n) is 4.11. The maximum Gasteiger partial charge on any atom is 0.326 e. The number of carboxylic acids is 1. The normalized spacial score (nSPS) is 21.9. The van der Waals surface area contributed by atoms with Gasteiger partial charge in [0.25, 0.3) is 0 Å². The summed E-state index contributed by atoms with van der Waals surface area (Å²) >= 11 is 0. The number of rotatable bonds is 5. The van der Waals surface area contributed by atoms with Gasteiger partial charge < -0.3 is 15.3 Å². The molecular formula is C16H22N2O3. The van der Waals surface area contributed by atoms with E-state index in [1.54, 1.807) is 0 Å². The third-order valence-corrected chi connectivity index (χ3v) is 4.11. The summed E-state index contributed by atoms with van der Waals surface area (Å²) in [6, 6.07) is 8.76. The van der Waals surface area contributed by atoms with Crippen LogP contribution in [0.2, 0.25) is 0 Å². The number of piperidine rings is 1. The second kappa shape index (κ2) is 7.11. The zero-order chi connectivity index (χ0) is 15.2. The Labute approximate surface area is 125 Å². The Balaban J connectivity index is 1.95. The van der Waals surface area contributed by atoms with E-state index in [-0.39, 0.29) is 12.5 Å². The van der Waals surface area contributed by atoms with Crippen LogP contribution in [0.1, 0.15) is 26.2 Å². The summed E-state index contributed by atoms with van der Waals surface area (Å²) in [5.74, 6) is -0.653. The fourth-order valence-corrected chi connectivity index (χ4v) is 2.78. The van der Waals surface area contributed by atoms with Gasteiger partial charge >= 0.3 is 5.97 Å². The summed E-state index contributed by atoms with van der Waals surface area (Å²) in [5, 5.41) is 12.4. The first-order valence-corrected chi connectivity index (χ1v) is 7.43. The number of carbonyl (C=O) groups excluding carboxylic acids is 1. The monoisotopic (exact) mass is 290 g/mol. The van der Waals surface area contributed by atoms with E-state index in [0.717, 1.165) is 18.5 Å². The molecule has 2 rings (SSSR count). The summed E-state index contributed by atoms with van der Waals surface area (Å²) in [6.45, 7) is 2.73. The summed E-state index contributed by atoms with van der Waals surface area (Å²) in [7, 11) is 0. The molecule has 1 aromatic rings.